The van der Waals surface area contributed by atoms with Crippen LogP contribution >= 0.6 is 0 Å². The number of hydrogen-bond donors (Lipinski definition) is 2. The van der Waals surface area contributed by atoms with Crippen LogP contribution in [0.4, 0.5) is 5.69 Å². The largest absolute Gasteiger partial charge is 0.348 e. The van der Waals surface area contributed by atoms with Gasteiger partial charge in [0.1, 0.15) is 0 Å². The van der Waals surface area contributed by atoms with Gasteiger partial charge in [0.05, 0.1) is 4.90 Å². The van der Waals surface area contributed by atoms with Crippen LogP contribution in [-0.2, 0) is 23.1 Å². The minimum atomic E-state index is -3.85. The van der Waals surface area contributed by atoms with Gasteiger partial charge in [-0.1, -0.05) is 42.8 Å². The van der Waals surface area contributed by atoms with Gasteiger partial charge in [-0.2, -0.15) is 0 Å². The normalized spacial score (nSPS) is 14.4. The van der Waals surface area contributed by atoms with Gasteiger partial charge in [-0.15, -0.1) is 0 Å². The summed E-state index contributed by atoms with van der Waals surface area (Å²) in [5.74, 6) is -0.310. The number of carbonyl (C=O) groups is 1. The minimum Gasteiger partial charge on any atom is -0.348 e. The van der Waals surface area contributed by atoms with E-state index >= 15 is 0 Å². The smallest absolute Gasteiger partial charge is 0.262 e. The second kappa shape index (κ2) is 11.3. The zero-order valence-electron chi connectivity index (χ0n) is 21.3. The van der Waals surface area contributed by atoms with Crippen molar-refractivity contribution in [1.29, 1.82) is 0 Å². The Morgan fingerprint density at radius 3 is 2.14 bits per heavy atom. The Balaban J connectivity index is 1.40. The molecule has 0 spiro atoms. The molecule has 1 aliphatic heterocycles. The summed E-state index contributed by atoms with van der Waals surface area (Å²) in [4.78, 5) is 15.4. The van der Waals surface area contributed by atoms with E-state index in [2.05, 4.69) is 27.1 Å². The van der Waals surface area contributed by atoms with E-state index in [9.17, 15) is 13.2 Å². The summed E-state index contributed by atoms with van der Waals surface area (Å²) >= 11 is 0. The van der Waals surface area contributed by atoms with E-state index in [-0.39, 0.29) is 10.8 Å². The van der Waals surface area contributed by atoms with Crippen molar-refractivity contribution in [2.75, 3.05) is 17.8 Å². The topological polar surface area (TPSA) is 78.5 Å². The molecule has 3 aromatic rings. The molecule has 190 valence electrons. The number of nitrogens with zero attached hydrogens (tertiary/aromatic N) is 1. The third-order valence-electron chi connectivity index (χ3n) is 6.54. The summed E-state index contributed by atoms with van der Waals surface area (Å²) in [5, 5.41) is 2.91. The average molecular weight is 506 g/mol. The molecule has 6 nitrogen and oxygen atoms in total. The molecule has 1 aliphatic rings. The SMILES string of the molecule is Cc1cc(C)cc(NS(=O)(=O)c2cc(C(=O)NCc3ccc(CN4CCCCC4)cc3)ccc2C)c1. The van der Waals surface area contributed by atoms with Crippen molar-refractivity contribution >= 4 is 21.6 Å². The standard InChI is InChI=1S/C29H35N3O3S/c1-21-15-22(2)17-27(16-21)31-36(34,35)28-18-26(12-7-23(28)3)29(33)30-19-24-8-10-25(11-9-24)20-32-13-5-4-6-14-32/h7-12,15-18,31H,4-6,13-14,19-20H2,1-3H3,(H,30,33). The first kappa shape index (κ1) is 25.9. The average Bonchev–Trinajstić information content (AvgIpc) is 2.83. The van der Waals surface area contributed by atoms with Crippen molar-refractivity contribution in [2.45, 2.75) is 58.0 Å². The third kappa shape index (κ3) is 6.74. The molecule has 0 saturated carbocycles. The molecule has 0 aromatic heterocycles. The summed E-state index contributed by atoms with van der Waals surface area (Å²) in [7, 11) is -3.85. The van der Waals surface area contributed by atoms with Crippen molar-refractivity contribution in [3.05, 3.63) is 94.0 Å². The Bertz CT molecular complexity index is 1310. The predicted molar refractivity (Wildman–Crippen MR) is 145 cm³/mol. The Morgan fingerprint density at radius 1 is 0.833 bits per heavy atom. The van der Waals surface area contributed by atoms with Gasteiger partial charge in [0.15, 0.2) is 0 Å². The van der Waals surface area contributed by atoms with Crippen LogP contribution in [0.5, 0.6) is 0 Å². The molecule has 3 aromatic carbocycles. The molecule has 1 heterocycles. The van der Waals surface area contributed by atoms with Gasteiger partial charge in [0.25, 0.3) is 15.9 Å². The Morgan fingerprint density at radius 2 is 1.47 bits per heavy atom. The van der Waals surface area contributed by atoms with Crippen molar-refractivity contribution in [1.82, 2.24) is 10.2 Å². The van der Waals surface area contributed by atoms with Crippen LogP contribution in [0.25, 0.3) is 0 Å². The first-order chi connectivity index (χ1) is 17.2. The first-order valence-corrected chi connectivity index (χ1v) is 14.0. The number of amides is 1. The Kier molecular flexibility index (Phi) is 8.11. The molecule has 0 bridgehead atoms. The number of nitrogens with one attached hydrogen (secondary N) is 2. The second-order valence-electron chi connectivity index (χ2n) is 9.80. The molecule has 1 amide bonds. The fourth-order valence-electron chi connectivity index (χ4n) is 4.70. The van der Waals surface area contributed by atoms with Crippen molar-refractivity contribution in [2.24, 2.45) is 0 Å². The maximum atomic E-state index is 13.1. The fraction of sp³-hybridized carbons (Fsp3) is 0.345. The molecule has 0 atom stereocenters. The van der Waals surface area contributed by atoms with Gasteiger partial charge in [-0.25, -0.2) is 8.42 Å². The molecular weight excluding hydrogens is 470 g/mol. The number of piperidine rings is 1. The van der Waals surface area contributed by atoms with Gasteiger partial charge < -0.3 is 5.32 Å². The van der Waals surface area contributed by atoms with Gasteiger partial charge in [0.2, 0.25) is 0 Å². The maximum Gasteiger partial charge on any atom is 0.262 e. The summed E-state index contributed by atoms with van der Waals surface area (Å²) in [6, 6.07) is 18.6. The summed E-state index contributed by atoms with van der Waals surface area (Å²) in [5.41, 5.74) is 5.61. The molecule has 0 radical (unpaired) electrons. The van der Waals surface area contributed by atoms with Gasteiger partial charge in [-0.3, -0.25) is 14.4 Å². The number of anilines is 1. The molecule has 4 rings (SSSR count). The predicted octanol–water partition coefficient (Wildman–Crippen LogP) is 5.33. The lowest BCUT2D eigenvalue weighted by Crippen LogP contribution is -2.29. The highest BCUT2D eigenvalue weighted by Crippen LogP contribution is 2.23. The number of rotatable bonds is 8. The van der Waals surface area contributed by atoms with Gasteiger partial charge in [-0.05, 0) is 98.8 Å². The van der Waals surface area contributed by atoms with Crippen LogP contribution in [0.1, 0.15) is 57.4 Å². The van der Waals surface area contributed by atoms with Crippen molar-refractivity contribution in [3.8, 4) is 0 Å². The van der Waals surface area contributed by atoms with E-state index in [1.165, 1.54) is 30.9 Å². The molecule has 36 heavy (non-hydrogen) atoms. The zero-order chi connectivity index (χ0) is 25.7. The van der Waals surface area contributed by atoms with Crippen LogP contribution in [0.15, 0.2) is 65.6 Å². The highest BCUT2D eigenvalue weighted by Gasteiger charge is 2.20. The van der Waals surface area contributed by atoms with E-state index in [0.29, 0.717) is 23.4 Å². The van der Waals surface area contributed by atoms with E-state index < -0.39 is 10.0 Å². The van der Waals surface area contributed by atoms with Crippen LogP contribution in [0, 0.1) is 20.8 Å². The number of likely N-dealkylation sites (tertiary alicyclic amines) is 1. The van der Waals surface area contributed by atoms with Crippen LogP contribution in [0.3, 0.4) is 0 Å². The highest BCUT2D eigenvalue weighted by atomic mass is 32.2. The summed E-state index contributed by atoms with van der Waals surface area (Å²) in [6.45, 7) is 9.22. The number of benzene rings is 3. The molecule has 7 heteroatoms. The molecule has 1 saturated heterocycles. The fourth-order valence-corrected chi connectivity index (χ4v) is 6.01. The van der Waals surface area contributed by atoms with Gasteiger partial charge in [0, 0.05) is 24.3 Å². The quantitative estimate of drug-likeness (QED) is 0.434. The molecule has 1 fully saturated rings. The molecule has 2 N–H and O–H groups in total. The first-order valence-electron chi connectivity index (χ1n) is 12.5. The number of hydrogen-bond acceptors (Lipinski definition) is 4. The number of carbonyl (C=O) groups excluding carboxylic acids is 1. The minimum absolute atomic E-state index is 0.0939. The monoisotopic (exact) mass is 505 g/mol. The van der Waals surface area contributed by atoms with E-state index in [4.69, 9.17) is 0 Å². The van der Waals surface area contributed by atoms with Crippen LogP contribution < -0.4 is 10.0 Å². The molecule has 0 aliphatic carbocycles. The lowest BCUT2D eigenvalue weighted by molar-refractivity contribution is 0.0950. The maximum absolute atomic E-state index is 13.1. The summed E-state index contributed by atoms with van der Waals surface area (Å²) < 4.78 is 28.9. The Labute approximate surface area is 214 Å². The second-order valence-corrected chi connectivity index (χ2v) is 11.4. The third-order valence-corrected chi connectivity index (χ3v) is 8.07. The lowest BCUT2D eigenvalue weighted by atomic mass is 10.1. The van der Waals surface area contributed by atoms with Crippen molar-refractivity contribution in [3.63, 3.8) is 0 Å². The molecular formula is C29H35N3O3S. The zero-order valence-corrected chi connectivity index (χ0v) is 22.1. The van der Waals surface area contributed by atoms with Crippen molar-refractivity contribution < 1.29 is 13.2 Å². The number of aryl methyl sites for hydroxylation is 3. The summed E-state index contributed by atoms with van der Waals surface area (Å²) in [6.07, 6.45) is 3.87. The van der Waals surface area contributed by atoms with Gasteiger partial charge >= 0.3 is 0 Å². The Hall–Kier alpha value is -3.16. The van der Waals surface area contributed by atoms with Crippen LogP contribution in [-0.4, -0.2) is 32.3 Å². The highest BCUT2D eigenvalue weighted by molar-refractivity contribution is 7.92. The van der Waals surface area contributed by atoms with E-state index in [0.717, 1.165) is 36.3 Å². The van der Waals surface area contributed by atoms with E-state index in [1.807, 2.05) is 32.0 Å². The number of sulfonamides is 1. The van der Waals surface area contributed by atoms with E-state index in [1.54, 1.807) is 31.2 Å². The van der Waals surface area contributed by atoms with Crippen LogP contribution in [0.2, 0.25) is 0 Å². The lowest BCUT2D eigenvalue weighted by Gasteiger charge is -2.26. The molecule has 0 unspecified atom stereocenters.